The van der Waals surface area contributed by atoms with Crippen LogP contribution in [0, 0.1) is 44.6 Å². The number of non-ortho nitro benzene ring substituents is 1. The molecule has 1 heterocycles. The maximum absolute atomic E-state index is 11.1. The first-order valence-corrected chi connectivity index (χ1v) is 12.7. The summed E-state index contributed by atoms with van der Waals surface area (Å²) in [5.74, 6) is 2.53. The number of nitro groups is 1. The van der Waals surface area contributed by atoms with E-state index in [1.165, 1.54) is 24.1 Å². The fourth-order valence-electron chi connectivity index (χ4n) is 8.93. The Hall–Kier alpha value is -2.21. The number of hydrogen-bond acceptors (Lipinski definition) is 5. The number of anilines is 1. The van der Waals surface area contributed by atoms with Crippen LogP contribution in [-0.4, -0.2) is 27.9 Å². The Kier molecular flexibility index (Phi) is 4.62. The Bertz CT molecular complexity index is 1050. The van der Waals surface area contributed by atoms with E-state index in [0.717, 1.165) is 37.8 Å². The van der Waals surface area contributed by atoms with Crippen molar-refractivity contribution in [3.05, 3.63) is 46.0 Å². The zero-order valence-electron chi connectivity index (χ0n) is 19.9. The first-order chi connectivity index (χ1) is 15.7. The molecule has 176 valence electrons. The van der Waals surface area contributed by atoms with Gasteiger partial charge in [-0.25, -0.2) is 0 Å². The third kappa shape index (κ3) is 2.92. The molecule has 3 saturated carbocycles. The van der Waals surface area contributed by atoms with Gasteiger partial charge in [-0.2, -0.15) is 5.10 Å². The number of rotatable bonds is 2. The molecular formula is C27H35N3O3. The van der Waals surface area contributed by atoms with Crippen LogP contribution in [0.3, 0.4) is 0 Å². The summed E-state index contributed by atoms with van der Waals surface area (Å²) in [5, 5.41) is 28.5. The van der Waals surface area contributed by atoms with Crippen molar-refractivity contribution in [1.82, 2.24) is 0 Å². The van der Waals surface area contributed by atoms with E-state index in [4.69, 9.17) is 5.10 Å². The second-order valence-electron chi connectivity index (χ2n) is 11.8. The molecule has 1 N–H and O–H groups in total. The SMILES string of the molecule is CC1=NN(c2ccc([N+](=O)[O-])cc2)[C@@H]2C[C@H]3[C@@H]4CC=C5C[C@@H](O)CC[C@]5(C)[C@H]4CC[C@]3(C)[C@H]12. The van der Waals surface area contributed by atoms with Gasteiger partial charge in [0.25, 0.3) is 5.69 Å². The molecule has 0 saturated heterocycles. The van der Waals surface area contributed by atoms with Crippen LogP contribution >= 0.6 is 0 Å². The minimum atomic E-state index is -0.341. The second-order valence-corrected chi connectivity index (χ2v) is 11.8. The topological polar surface area (TPSA) is 79.0 Å². The molecule has 0 unspecified atom stereocenters. The van der Waals surface area contributed by atoms with Gasteiger partial charge in [-0.05, 0) is 92.6 Å². The Morgan fingerprint density at radius 3 is 2.64 bits per heavy atom. The number of aliphatic hydroxyl groups is 1. The molecule has 0 amide bonds. The Labute approximate surface area is 195 Å². The highest BCUT2D eigenvalue weighted by Crippen LogP contribution is 2.67. The molecule has 33 heavy (non-hydrogen) atoms. The zero-order chi connectivity index (χ0) is 23.1. The summed E-state index contributed by atoms with van der Waals surface area (Å²) in [4.78, 5) is 10.8. The maximum atomic E-state index is 11.1. The van der Waals surface area contributed by atoms with Crippen LogP contribution in [-0.2, 0) is 0 Å². The largest absolute Gasteiger partial charge is 0.393 e. The van der Waals surface area contributed by atoms with Gasteiger partial charge in [-0.1, -0.05) is 25.5 Å². The molecule has 0 aromatic heterocycles. The van der Waals surface area contributed by atoms with E-state index in [1.807, 2.05) is 12.1 Å². The summed E-state index contributed by atoms with van der Waals surface area (Å²) in [5.41, 5.74) is 4.34. The highest BCUT2D eigenvalue weighted by atomic mass is 16.6. The molecule has 1 aromatic carbocycles. The van der Waals surface area contributed by atoms with Gasteiger partial charge in [0.2, 0.25) is 0 Å². The van der Waals surface area contributed by atoms with Crippen LogP contribution < -0.4 is 5.01 Å². The van der Waals surface area contributed by atoms with Gasteiger partial charge < -0.3 is 5.11 Å². The van der Waals surface area contributed by atoms with Gasteiger partial charge in [0, 0.05) is 23.8 Å². The van der Waals surface area contributed by atoms with E-state index in [-0.39, 0.29) is 27.5 Å². The number of aliphatic hydroxyl groups excluding tert-OH is 1. The van der Waals surface area contributed by atoms with Crippen molar-refractivity contribution in [3.63, 3.8) is 0 Å². The number of allylic oxidation sites excluding steroid dienone is 1. The average molecular weight is 450 g/mol. The lowest BCUT2D eigenvalue weighted by Gasteiger charge is -2.57. The molecule has 6 nitrogen and oxygen atoms in total. The molecule has 6 heteroatoms. The molecule has 5 aliphatic rings. The van der Waals surface area contributed by atoms with Crippen molar-refractivity contribution in [1.29, 1.82) is 0 Å². The summed E-state index contributed by atoms with van der Waals surface area (Å²) in [6.45, 7) is 7.18. The third-order valence-electron chi connectivity index (χ3n) is 10.5. The van der Waals surface area contributed by atoms with Crippen LogP contribution in [0.1, 0.15) is 65.7 Å². The van der Waals surface area contributed by atoms with Gasteiger partial charge in [-0.15, -0.1) is 0 Å². The van der Waals surface area contributed by atoms with Crippen molar-refractivity contribution in [2.24, 2.45) is 39.6 Å². The van der Waals surface area contributed by atoms with Crippen LogP contribution in [0.2, 0.25) is 0 Å². The molecule has 1 aliphatic heterocycles. The van der Waals surface area contributed by atoms with Crippen LogP contribution in [0.15, 0.2) is 41.0 Å². The van der Waals surface area contributed by atoms with Crippen molar-refractivity contribution < 1.29 is 10.0 Å². The van der Waals surface area contributed by atoms with Gasteiger partial charge in [0.1, 0.15) is 0 Å². The summed E-state index contributed by atoms with van der Waals surface area (Å²) >= 11 is 0. The lowest BCUT2D eigenvalue weighted by Crippen LogP contribution is -2.50. The quantitative estimate of drug-likeness (QED) is 0.356. The fourth-order valence-corrected chi connectivity index (χ4v) is 8.93. The summed E-state index contributed by atoms with van der Waals surface area (Å²) in [6.07, 6.45) is 10.1. The van der Waals surface area contributed by atoms with E-state index in [9.17, 15) is 15.2 Å². The Morgan fingerprint density at radius 1 is 1.15 bits per heavy atom. The first-order valence-electron chi connectivity index (χ1n) is 12.7. The first kappa shape index (κ1) is 21.3. The Morgan fingerprint density at radius 2 is 1.91 bits per heavy atom. The normalized spacial score (nSPS) is 43.7. The number of fused-ring (bicyclic) bond motifs is 7. The van der Waals surface area contributed by atoms with Crippen molar-refractivity contribution in [2.75, 3.05) is 5.01 Å². The number of hydrogen-bond donors (Lipinski definition) is 1. The monoisotopic (exact) mass is 449 g/mol. The lowest BCUT2D eigenvalue weighted by molar-refractivity contribution is -0.384. The molecular weight excluding hydrogens is 414 g/mol. The minimum Gasteiger partial charge on any atom is -0.393 e. The van der Waals surface area contributed by atoms with Gasteiger partial charge in [-0.3, -0.25) is 15.1 Å². The van der Waals surface area contributed by atoms with Gasteiger partial charge >= 0.3 is 0 Å². The molecule has 4 aliphatic carbocycles. The molecule has 0 spiro atoms. The fraction of sp³-hybridized carbons (Fsp3) is 0.667. The summed E-state index contributed by atoms with van der Waals surface area (Å²) in [7, 11) is 0. The molecule has 3 fully saturated rings. The lowest BCUT2D eigenvalue weighted by atomic mass is 9.47. The molecule has 0 bridgehead atoms. The smallest absolute Gasteiger partial charge is 0.269 e. The van der Waals surface area contributed by atoms with Crippen molar-refractivity contribution >= 4 is 17.1 Å². The van der Waals surface area contributed by atoms with Gasteiger partial charge in [0.05, 0.1) is 22.8 Å². The number of hydrazone groups is 1. The van der Waals surface area contributed by atoms with E-state index < -0.39 is 0 Å². The van der Waals surface area contributed by atoms with E-state index in [0.29, 0.717) is 29.7 Å². The molecule has 8 atom stereocenters. The zero-order valence-corrected chi connectivity index (χ0v) is 19.9. The molecule has 0 radical (unpaired) electrons. The standard InChI is InChI=1S/C27H35N3O3/c1-16-25-24(29(28-16)18-5-7-19(8-6-18)30(32)33)15-23-21-9-4-17-14-20(31)10-12-26(17,2)22(21)11-13-27(23,25)3/h4-8,20-25,31H,9-15H2,1-3H3/t20-,21+,22-,23-,24+,25+,26-,27-/m0/s1. The third-order valence-corrected chi connectivity index (χ3v) is 10.5. The highest BCUT2D eigenvalue weighted by Gasteiger charge is 2.64. The van der Waals surface area contributed by atoms with Crippen LogP contribution in [0.5, 0.6) is 0 Å². The number of benzene rings is 1. The van der Waals surface area contributed by atoms with Crippen LogP contribution in [0.4, 0.5) is 11.4 Å². The van der Waals surface area contributed by atoms with Crippen LogP contribution in [0.25, 0.3) is 0 Å². The molecule has 1 aromatic rings. The minimum absolute atomic E-state index is 0.126. The second kappa shape index (κ2) is 7.14. The predicted molar refractivity (Wildman–Crippen MR) is 129 cm³/mol. The van der Waals surface area contributed by atoms with Crippen molar-refractivity contribution in [3.8, 4) is 0 Å². The number of nitro benzene ring substituents is 1. The Balaban J connectivity index is 1.32. The van der Waals surface area contributed by atoms with Gasteiger partial charge in [0.15, 0.2) is 0 Å². The van der Waals surface area contributed by atoms with Crippen molar-refractivity contribution in [2.45, 2.75) is 77.9 Å². The average Bonchev–Trinajstić information content (AvgIpc) is 3.29. The van der Waals surface area contributed by atoms with E-state index in [2.05, 4.69) is 31.9 Å². The molecule has 6 rings (SSSR count). The van der Waals surface area contributed by atoms with E-state index in [1.54, 1.807) is 12.1 Å². The highest BCUT2D eigenvalue weighted by molar-refractivity contribution is 5.90. The predicted octanol–water partition coefficient (Wildman–Crippen LogP) is 5.71. The summed E-state index contributed by atoms with van der Waals surface area (Å²) < 4.78 is 0. The van der Waals surface area contributed by atoms with E-state index >= 15 is 0 Å². The number of nitrogens with zero attached hydrogens (tertiary/aromatic N) is 3. The maximum Gasteiger partial charge on any atom is 0.269 e. The summed E-state index contributed by atoms with van der Waals surface area (Å²) in [6, 6.07) is 7.24.